The summed E-state index contributed by atoms with van der Waals surface area (Å²) in [5.41, 5.74) is 12.4. The summed E-state index contributed by atoms with van der Waals surface area (Å²) in [6.07, 6.45) is 6.84. The second kappa shape index (κ2) is 7.28. The van der Waals surface area contributed by atoms with Gasteiger partial charge in [-0.15, -0.1) is 5.10 Å². The highest BCUT2D eigenvalue weighted by atomic mass is 15.3. The Morgan fingerprint density at radius 3 is 2.82 bits per heavy atom. The molecule has 0 aliphatic carbocycles. The number of nitrogens with one attached hydrogen (secondary N) is 1. The van der Waals surface area contributed by atoms with Gasteiger partial charge in [0.2, 0.25) is 0 Å². The molecule has 6 aromatic rings. The van der Waals surface area contributed by atoms with Crippen molar-refractivity contribution in [3.63, 3.8) is 0 Å². The number of nitrogens with two attached hydrogens (primary N) is 1. The summed E-state index contributed by atoms with van der Waals surface area (Å²) in [6.45, 7) is 0.462. The average molecular weight is 432 g/mol. The first-order chi connectivity index (χ1) is 16.2. The Kier molecular flexibility index (Phi) is 4.13. The molecule has 6 rings (SSSR count). The van der Waals surface area contributed by atoms with Crippen molar-refractivity contribution < 1.29 is 0 Å². The fourth-order valence-electron chi connectivity index (χ4n) is 3.86. The minimum absolute atomic E-state index is 0.358. The van der Waals surface area contributed by atoms with Gasteiger partial charge in [-0.25, -0.2) is 9.67 Å². The number of rotatable bonds is 4. The molecule has 10 heteroatoms. The number of hydrogen-bond donors (Lipinski definition) is 2. The van der Waals surface area contributed by atoms with Gasteiger partial charge in [0, 0.05) is 29.5 Å². The van der Waals surface area contributed by atoms with Gasteiger partial charge in [-0.05, 0) is 42.5 Å². The minimum atomic E-state index is 0.358. The Morgan fingerprint density at radius 1 is 1.03 bits per heavy atom. The van der Waals surface area contributed by atoms with E-state index in [0.717, 1.165) is 39.1 Å². The van der Waals surface area contributed by atoms with Crippen molar-refractivity contribution in [2.75, 3.05) is 5.73 Å². The fraction of sp³-hybridized carbons (Fsp3) is 0.0435. The molecule has 0 aliphatic heterocycles. The highest BCUT2D eigenvalue weighted by molar-refractivity contribution is 5.90. The summed E-state index contributed by atoms with van der Waals surface area (Å²) in [5.74, 6) is 0.358. The highest BCUT2D eigenvalue weighted by Crippen LogP contribution is 2.28. The van der Waals surface area contributed by atoms with Gasteiger partial charge in [0.15, 0.2) is 5.82 Å². The van der Waals surface area contributed by atoms with Crippen LogP contribution in [-0.2, 0) is 6.54 Å². The summed E-state index contributed by atoms with van der Waals surface area (Å²) >= 11 is 0. The number of aromatic nitrogens is 8. The van der Waals surface area contributed by atoms with Gasteiger partial charge in [-0.1, -0.05) is 0 Å². The van der Waals surface area contributed by atoms with Crippen LogP contribution in [0.5, 0.6) is 0 Å². The van der Waals surface area contributed by atoms with Crippen LogP contribution < -0.4 is 5.73 Å². The number of nitrogens with zero attached hydrogens (tertiary/aromatic N) is 8. The Morgan fingerprint density at radius 2 is 1.97 bits per heavy atom. The number of H-pyrrole nitrogens is 1. The zero-order valence-electron chi connectivity index (χ0n) is 17.2. The molecular formula is C23H16N10. The molecule has 0 aliphatic rings. The third-order valence-electron chi connectivity index (χ3n) is 5.49. The molecule has 0 amide bonds. The van der Waals surface area contributed by atoms with E-state index in [4.69, 9.17) is 11.0 Å². The topological polar surface area (TPSA) is 140 Å². The number of aromatic amines is 1. The first kappa shape index (κ1) is 18.7. The molecule has 1 aromatic carbocycles. The molecule has 0 bridgehead atoms. The van der Waals surface area contributed by atoms with Crippen molar-refractivity contribution in [3.8, 4) is 23.0 Å². The minimum Gasteiger partial charge on any atom is -0.380 e. The first-order valence-corrected chi connectivity index (χ1v) is 10.1. The van der Waals surface area contributed by atoms with Crippen molar-refractivity contribution in [3.05, 3.63) is 78.5 Å². The SMILES string of the molecule is N#Cc1ccc(Cn2nccc2-c2cnc3c(N)nn(-c4ccc5cn[nH]c5c4)c3c2)nc1. The largest absolute Gasteiger partial charge is 0.380 e. The van der Waals surface area contributed by atoms with Crippen LogP contribution in [0, 0.1) is 11.3 Å². The predicted octanol–water partition coefficient (Wildman–Crippen LogP) is 3.06. The van der Waals surface area contributed by atoms with Crippen molar-refractivity contribution >= 4 is 27.8 Å². The number of nitriles is 1. The average Bonchev–Trinajstić information content (AvgIpc) is 3.58. The number of benzene rings is 1. The van der Waals surface area contributed by atoms with Gasteiger partial charge in [-0.2, -0.15) is 15.5 Å². The van der Waals surface area contributed by atoms with E-state index in [1.54, 1.807) is 35.5 Å². The Hall–Kier alpha value is -5.04. The third-order valence-corrected chi connectivity index (χ3v) is 5.49. The van der Waals surface area contributed by atoms with Crippen molar-refractivity contribution in [1.82, 2.24) is 39.7 Å². The molecule has 33 heavy (non-hydrogen) atoms. The lowest BCUT2D eigenvalue weighted by atomic mass is 10.2. The highest BCUT2D eigenvalue weighted by Gasteiger charge is 2.15. The van der Waals surface area contributed by atoms with E-state index >= 15 is 0 Å². The standard InChI is InChI=1S/C23H16N10/c24-9-14-1-3-17(26-10-14)13-32-20(5-6-29-32)16-7-21-22(27-11-16)23(25)31-33(21)18-4-2-15-12-28-30-19(15)8-18/h1-8,10-12H,13H2,(H2,25,31)(H,28,30). The summed E-state index contributed by atoms with van der Waals surface area (Å²) in [6, 6.07) is 15.5. The van der Waals surface area contributed by atoms with Gasteiger partial charge < -0.3 is 5.73 Å². The lowest BCUT2D eigenvalue weighted by Gasteiger charge is -2.08. The van der Waals surface area contributed by atoms with E-state index in [2.05, 4.69) is 36.4 Å². The quantitative estimate of drug-likeness (QED) is 0.436. The molecule has 0 radical (unpaired) electrons. The van der Waals surface area contributed by atoms with E-state index < -0.39 is 0 Å². The van der Waals surface area contributed by atoms with Crippen LogP contribution in [-0.4, -0.2) is 39.7 Å². The smallest absolute Gasteiger partial charge is 0.172 e. The molecule has 158 valence electrons. The number of hydrogen-bond acceptors (Lipinski definition) is 7. The molecule has 5 heterocycles. The molecule has 0 atom stereocenters. The van der Waals surface area contributed by atoms with Crippen LogP contribution in [0.15, 0.2) is 67.3 Å². The molecule has 0 unspecified atom stereocenters. The van der Waals surface area contributed by atoms with E-state index in [0.29, 0.717) is 23.4 Å². The van der Waals surface area contributed by atoms with Crippen LogP contribution in [0.2, 0.25) is 0 Å². The van der Waals surface area contributed by atoms with E-state index in [-0.39, 0.29) is 0 Å². The number of pyridine rings is 2. The fourth-order valence-corrected chi connectivity index (χ4v) is 3.86. The zero-order valence-corrected chi connectivity index (χ0v) is 17.2. The lowest BCUT2D eigenvalue weighted by molar-refractivity contribution is 0.679. The van der Waals surface area contributed by atoms with Crippen molar-refractivity contribution in [1.29, 1.82) is 5.26 Å². The molecule has 0 spiro atoms. The van der Waals surface area contributed by atoms with Gasteiger partial charge in [0.1, 0.15) is 11.6 Å². The van der Waals surface area contributed by atoms with Crippen molar-refractivity contribution in [2.45, 2.75) is 6.54 Å². The second-order valence-electron chi connectivity index (χ2n) is 7.55. The summed E-state index contributed by atoms with van der Waals surface area (Å²) in [7, 11) is 0. The molecular weight excluding hydrogens is 416 g/mol. The van der Waals surface area contributed by atoms with Gasteiger partial charge >= 0.3 is 0 Å². The molecule has 0 saturated carbocycles. The number of nitrogen functional groups attached to an aromatic ring is 1. The van der Waals surface area contributed by atoms with Crippen LogP contribution in [0.3, 0.4) is 0 Å². The van der Waals surface area contributed by atoms with Crippen LogP contribution in [0.1, 0.15) is 11.3 Å². The van der Waals surface area contributed by atoms with Gasteiger partial charge in [0.05, 0.1) is 46.4 Å². The van der Waals surface area contributed by atoms with Crippen LogP contribution >= 0.6 is 0 Å². The molecule has 0 saturated heterocycles. The normalized spacial score (nSPS) is 11.2. The Bertz CT molecular complexity index is 1660. The predicted molar refractivity (Wildman–Crippen MR) is 122 cm³/mol. The maximum absolute atomic E-state index is 8.98. The van der Waals surface area contributed by atoms with E-state index in [1.165, 1.54) is 0 Å². The Labute approximate surface area is 186 Å². The molecule has 10 nitrogen and oxygen atoms in total. The molecule has 3 N–H and O–H groups in total. The first-order valence-electron chi connectivity index (χ1n) is 10.1. The summed E-state index contributed by atoms with van der Waals surface area (Å²) < 4.78 is 3.63. The van der Waals surface area contributed by atoms with Crippen molar-refractivity contribution in [2.24, 2.45) is 0 Å². The Balaban J connectivity index is 1.42. The van der Waals surface area contributed by atoms with E-state index in [1.807, 2.05) is 41.1 Å². The molecule has 0 fully saturated rings. The van der Waals surface area contributed by atoms with Gasteiger partial charge in [-0.3, -0.25) is 14.8 Å². The maximum Gasteiger partial charge on any atom is 0.172 e. The number of anilines is 1. The number of fused-ring (bicyclic) bond motifs is 2. The summed E-state index contributed by atoms with van der Waals surface area (Å²) in [5, 5.41) is 26.0. The van der Waals surface area contributed by atoms with Crippen LogP contribution in [0.4, 0.5) is 5.82 Å². The lowest BCUT2D eigenvalue weighted by Crippen LogP contribution is -2.05. The zero-order chi connectivity index (χ0) is 22.4. The maximum atomic E-state index is 8.98. The van der Waals surface area contributed by atoms with Gasteiger partial charge in [0.25, 0.3) is 0 Å². The monoisotopic (exact) mass is 432 g/mol. The van der Waals surface area contributed by atoms with E-state index in [9.17, 15) is 0 Å². The third kappa shape index (κ3) is 3.16. The summed E-state index contributed by atoms with van der Waals surface area (Å²) in [4.78, 5) is 8.93. The second-order valence-corrected chi connectivity index (χ2v) is 7.55. The molecule has 5 aromatic heterocycles. The van der Waals surface area contributed by atoms with Crippen LogP contribution in [0.25, 0.3) is 38.9 Å².